The van der Waals surface area contributed by atoms with Crippen LogP contribution in [0.2, 0.25) is 0 Å². The van der Waals surface area contributed by atoms with E-state index in [1.165, 1.54) is 11.3 Å². The number of carboxylic acids is 1. The molecule has 2 N–H and O–H groups in total. The molecule has 6 nitrogen and oxygen atoms in total. The van der Waals surface area contributed by atoms with Crippen LogP contribution in [-0.2, 0) is 9.59 Å². The van der Waals surface area contributed by atoms with Crippen LogP contribution in [0.1, 0.15) is 6.42 Å². The number of aromatic nitrogens is 1. The molecule has 17 heavy (non-hydrogen) atoms. The van der Waals surface area contributed by atoms with Gasteiger partial charge in [-0.25, -0.2) is 4.98 Å². The molecule has 0 bridgehead atoms. The van der Waals surface area contributed by atoms with Gasteiger partial charge in [-0.1, -0.05) is 0 Å². The van der Waals surface area contributed by atoms with Crippen LogP contribution >= 0.6 is 11.3 Å². The average Bonchev–Trinajstić information content (AvgIpc) is 2.88. The standard InChI is InChI=1S/C10H13N3O3S/c14-8(12-10-11-2-4-17-10)6-13-3-1-7(5-13)9(15)16/h2,4,7H,1,3,5-6H2,(H,15,16)(H,11,12,14). The third-order valence-electron chi connectivity index (χ3n) is 2.67. The van der Waals surface area contributed by atoms with Crippen molar-refractivity contribution in [3.8, 4) is 0 Å². The highest BCUT2D eigenvalue weighted by Crippen LogP contribution is 2.16. The second-order valence-electron chi connectivity index (χ2n) is 3.94. The van der Waals surface area contributed by atoms with E-state index in [-0.39, 0.29) is 18.4 Å². The number of anilines is 1. The van der Waals surface area contributed by atoms with Crippen LogP contribution in [0, 0.1) is 5.92 Å². The minimum atomic E-state index is -0.784. The van der Waals surface area contributed by atoms with Crippen LogP contribution < -0.4 is 5.32 Å². The van der Waals surface area contributed by atoms with E-state index in [9.17, 15) is 9.59 Å². The minimum Gasteiger partial charge on any atom is -0.481 e. The summed E-state index contributed by atoms with van der Waals surface area (Å²) in [4.78, 5) is 28.2. The molecule has 0 aromatic carbocycles. The fraction of sp³-hybridized carbons (Fsp3) is 0.500. The molecule has 1 aromatic rings. The third kappa shape index (κ3) is 3.24. The lowest BCUT2D eigenvalue weighted by Crippen LogP contribution is -2.32. The van der Waals surface area contributed by atoms with E-state index in [1.54, 1.807) is 11.6 Å². The summed E-state index contributed by atoms with van der Waals surface area (Å²) in [5.74, 6) is -1.28. The Balaban J connectivity index is 1.78. The molecular formula is C10H13N3O3S. The van der Waals surface area contributed by atoms with Crippen molar-refractivity contribution in [2.24, 2.45) is 5.92 Å². The average molecular weight is 255 g/mol. The number of carboxylic acid groups (broad SMARTS) is 1. The van der Waals surface area contributed by atoms with Crippen molar-refractivity contribution in [2.75, 3.05) is 25.0 Å². The zero-order chi connectivity index (χ0) is 12.3. The van der Waals surface area contributed by atoms with Gasteiger partial charge in [0.2, 0.25) is 5.91 Å². The normalized spacial score (nSPS) is 20.4. The van der Waals surface area contributed by atoms with E-state index < -0.39 is 5.97 Å². The minimum absolute atomic E-state index is 0.147. The lowest BCUT2D eigenvalue weighted by Gasteiger charge is -2.13. The zero-order valence-electron chi connectivity index (χ0n) is 9.13. The van der Waals surface area contributed by atoms with E-state index in [1.807, 2.05) is 4.90 Å². The predicted molar refractivity (Wildman–Crippen MR) is 62.9 cm³/mol. The van der Waals surface area contributed by atoms with E-state index >= 15 is 0 Å². The first-order valence-electron chi connectivity index (χ1n) is 5.29. The number of thiazole rings is 1. The Morgan fingerprint density at radius 2 is 2.47 bits per heavy atom. The molecule has 1 aromatic heterocycles. The summed E-state index contributed by atoms with van der Waals surface area (Å²) in [6, 6.07) is 0. The first-order chi connectivity index (χ1) is 8.15. The summed E-state index contributed by atoms with van der Waals surface area (Å²) in [5.41, 5.74) is 0. The highest BCUT2D eigenvalue weighted by Gasteiger charge is 2.28. The molecule has 0 saturated carbocycles. The van der Waals surface area contributed by atoms with Crippen molar-refractivity contribution in [2.45, 2.75) is 6.42 Å². The lowest BCUT2D eigenvalue weighted by molar-refractivity contribution is -0.141. The van der Waals surface area contributed by atoms with Crippen LogP contribution in [0.3, 0.4) is 0 Å². The number of carbonyl (C=O) groups excluding carboxylic acids is 1. The fourth-order valence-electron chi connectivity index (χ4n) is 1.82. The summed E-state index contributed by atoms with van der Waals surface area (Å²) in [7, 11) is 0. The highest BCUT2D eigenvalue weighted by molar-refractivity contribution is 7.13. The number of amides is 1. The first kappa shape index (κ1) is 12.0. The highest BCUT2D eigenvalue weighted by atomic mass is 32.1. The molecule has 2 heterocycles. The molecule has 0 radical (unpaired) electrons. The van der Waals surface area contributed by atoms with E-state index in [0.717, 1.165) is 0 Å². The number of nitrogens with one attached hydrogen (secondary N) is 1. The molecule has 0 spiro atoms. The summed E-state index contributed by atoms with van der Waals surface area (Å²) in [6.45, 7) is 1.33. The van der Waals surface area contributed by atoms with Gasteiger partial charge in [0.15, 0.2) is 5.13 Å². The van der Waals surface area contributed by atoms with E-state index in [0.29, 0.717) is 24.6 Å². The van der Waals surface area contributed by atoms with Crippen molar-refractivity contribution >= 4 is 28.3 Å². The smallest absolute Gasteiger partial charge is 0.307 e. The summed E-state index contributed by atoms with van der Waals surface area (Å²) < 4.78 is 0. The number of aliphatic carboxylic acids is 1. The molecule has 1 aliphatic rings. The second kappa shape index (κ2) is 5.24. The maximum absolute atomic E-state index is 11.6. The third-order valence-corrected chi connectivity index (χ3v) is 3.36. The maximum atomic E-state index is 11.6. The van der Waals surface area contributed by atoms with Crippen LogP contribution in [0.25, 0.3) is 0 Å². The molecule has 2 rings (SSSR count). The number of carbonyl (C=O) groups is 2. The van der Waals surface area contributed by atoms with Crippen LogP contribution in [0.4, 0.5) is 5.13 Å². The lowest BCUT2D eigenvalue weighted by atomic mass is 10.1. The number of nitrogens with zero attached hydrogens (tertiary/aromatic N) is 2. The molecule has 1 aliphatic heterocycles. The van der Waals surface area contributed by atoms with Gasteiger partial charge in [-0.2, -0.15) is 0 Å². The molecule has 1 unspecified atom stereocenters. The van der Waals surface area contributed by atoms with E-state index in [4.69, 9.17) is 5.11 Å². The molecule has 1 saturated heterocycles. The predicted octanol–water partition coefficient (Wildman–Crippen LogP) is 0.488. The fourth-order valence-corrected chi connectivity index (χ4v) is 2.37. The van der Waals surface area contributed by atoms with Gasteiger partial charge < -0.3 is 10.4 Å². The van der Waals surface area contributed by atoms with Crippen molar-refractivity contribution in [3.05, 3.63) is 11.6 Å². The van der Waals surface area contributed by atoms with Crippen LogP contribution in [0.15, 0.2) is 11.6 Å². The van der Waals surface area contributed by atoms with Crippen molar-refractivity contribution in [1.82, 2.24) is 9.88 Å². The zero-order valence-corrected chi connectivity index (χ0v) is 9.94. The SMILES string of the molecule is O=C(CN1CCC(C(=O)O)C1)Nc1nccs1. The Hall–Kier alpha value is -1.47. The summed E-state index contributed by atoms with van der Waals surface area (Å²) in [6.07, 6.45) is 2.23. The largest absolute Gasteiger partial charge is 0.481 e. The number of likely N-dealkylation sites (tertiary alicyclic amines) is 1. The van der Waals surface area contributed by atoms with Gasteiger partial charge in [0, 0.05) is 18.1 Å². The van der Waals surface area contributed by atoms with Gasteiger partial charge in [-0.05, 0) is 13.0 Å². The second-order valence-corrected chi connectivity index (χ2v) is 4.84. The number of rotatable bonds is 4. The van der Waals surface area contributed by atoms with Crippen molar-refractivity contribution in [1.29, 1.82) is 0 Å². The molecular weight excluding hydrogens is 242 g/mol. The van der Waals surface area contributed by atoms with Gasteiger partial charge in [0.1, 0.15) is 0 Å². The first-order valence-corrected chi connectivity index (χ1v) is 6.17. The van der Waals surface area contributed by atoms with Gasteiger partial charge in [0.25, 0.3) is 0 Å². The van der Waals surface area contributed by atoms with Gasteiger partial charge in [0.05, 0.1) is 12.5 Å². The van der Waals surface area contributed by atoms with Crippen molar-refractivity contribution < 1.29 is 14.7 Å². The number of hydrogen-bond donors (Lipinski definition) is 2. The van der Waals surface area contributed by atoms with Gasteiger partial charge >= 0.3 is 5.97 Å². The molecule has 0 aliphatic carbocycles. The molecule has 92 valence electrons. The molecule has 1 fully saturated rings. The molecule has 1 amide bonds. The van der Waals surface area contributed by atoms with Gasteiger partial charge in [-0.15, -0.1) is 11.3 Å². The Morgan fingerprint density at radius 3 is 3.06 bits per heavy atom. The number of hydrogen-bond acceptors (Lipinski definition) is 5. The van der Waals surface area contributed by atoms with Crippen LogP contribution in [0.5, 0.6) is 0 Å². The maximum Gasteiger partial charge on any atom is 0.307 e. The Morgan fingerprint density at radius 1 is 1.65 bits per heavy atom. The summed E-state index contributed by atoms with van der Waals surface area (Å²) >= 11 is 1.36. The monoisotopic (exact) mass is 255 g/mol. The molecule has 1 atom stereocenters. The van der Waals surface area contributed by atoms with Gasteiger partial charge in [-0.3, -0.25) is 14.5 Å². The Bertz CT molecular complexity index is 407. The Labute approximate surface area is 102 Å². The topological polar surface area (TPSA) is 82.5 Å². The van der Waals surface area contributed by atoms with Crippen LogP contribution in [-0.4, -0.2) is 46.5 Å². The quantitative estimate of drug-likeness (QED) is 0.818. The summed E-state index contributed by atoms with van der Waals surface area (Å²) in [5, 5.41) is 13.9. The van der Waals surface area contributed by atoms with E-state index in [2.05, 4.69) is 10.3 Å². The Kier molecular flexibility index (Phi) is 3.70. The van der Waals surface area contributed by atoms with Crippen molar-refractivity contribution in [3.63, 3.8) is 0 Å². The molecule has 7 heteroatoms.